The van der Waals surface area contributed by atoms with Gasteiger partial charge in [0.25, 0.3) is 5.91 Å². The maximum absolute atomic E-state index is 13.2. The van der Waals surface area contributed by atoms with Crippen LogP contribution in [0.4, 0.5) is 10.1 Å². The van der Waals surface area contributed by atoms with Crippen molar-refractivity contribution in [2.24, 2.45) is 0 Å². The minimum absolute atomic E-state index is 0.182. The maximum Gasteiger partial charge on any atom is 0.279 e. The largest absolute Gasteiger partial charge is 0.493 e. The van der Waals surface area contributed by atoms with Crippen LogP contribution in [0.15, 0.2) is 47.8 Å². The lowest BCUT2D eigenvalue weighted by atomic mass is 10.2. The fourth-order valence-electron chi connectivity index (χ4n) is 2.98. The first-order valence-electron chi connectivity index (χ1n) is 9.02. The van der Waals surface area contributed by atoms with E-state index in [0.717, 1.165) is 21.2 Å². The van der Waals surface area contributed by atoms with E-state index in [9.17, 15) is 9.18 Å². The molecule has 1 heterocycles. The second kappa shape index (κ2) is 9.49. The van der Waals surface area contributed by atoms with Crippen LogP contribution < -0.4 is 19.7 Å². The lowest BCUT2D eigenvalue weighted by Crippen LogP contribution is -3.08. The summed E-state index contributed by atoms with van der Waals surface area (Å²) in [4.78, 5) is 17.9. The Bertz CT molecular complexity index is 993. The van der Waals surface area contributed by atoms with Gasteiger partial charge < -0.3 is 19.7 Å². The number of para-hydroxylation sites is 1. The summed E-state index contributed by atoms with van der Waals surface area (Å²) in [6, 6.07) is 11.5. The van der Waals surface area contributed by atoms with Gasteiger partial charge in [-0.05, 0) is 30.3 Å². The molecule has 0 aliphatic rings. The van der Waals surface area contributed by atoms with Crippen LogP contribution in [0.2, 0.25) is 0 Å². The number of nitrogens with one attached hydrogen (secondary N) is 2. The first-order valence-corrected chi connectivity index (χ1v) is 9.90. The van der Waals surface area contributed by atoms with E-state index in [4.69, 9.17) is 9.47 Å². The van der Waals surface area contributed by atoms with Gasteiger partial charge in [0.05, 0.1) is 26.8 Å². The van der Waals surface area contributed by atoms with Gasteiger partial charge in [-0.15, -0.1) is 11.3 Å². The highest BCUT2D eigenvalue weighted by Gasteiger charge is 2.17. The number of ether oxygens (including phenoxy) is 2. The molecular weight excluding hydrogens is 393 g/mol. The standard InChI is InChI=1S/C21H22FN3O3S/c1-25(12-19(26)23-15-7-4-6-14(22)10-15)11-16-13-29-21(24-16)17-8-5-9-18(27-2)20(17)28-3/h4-10,13H,11-12H2,1-3H3,(H,23,26)/p+1. The van der Waals surface area contributed by atoms with Crippen LogP contribution in [0.5, 0.6) is 11.5 Å². The summed E-state index contributed by atoms with van der Waals surface area (Å²) in [5.41, 5.74) is 2.19. The molecule has 152 valence electrons. The Labute approximate surface area is 172 Å². The molecule has 1 aromatic heterocycles. The molecule has 1 unspecified atom stereocenters. The Kier molecular flexibility index (Phi) is 6.79. The summed E-state index contributed by atoms with van der Waals surface area (Å²) in [5, 5.41) is 5.51. The SMILES string of the molecule is COc1cccc(-c2nc(C[NH+](C)CC(=O)Nc3cccc(F)c3)cs2)c1OC. The molecule has 3 aromatic rings. The highest BCUT2D eigenvalue weighted by Crippen LogP contribution is 2.38. The molecule has 0 saturated carbocycles. The van der Waals surface area contributed by atoms with Crippen molar-refractivity contribution in [3.8, 4) is 22.1 Å². The molecule has 0 radical (unpaired) electrons. The fraction of sp³-hybridized carbons (Fsp3) is 0.238. The van der Waals surface area contributed by atoms with Crippen molar-refractivity contribution in [2.75, 3.05) is 33.1 Å². The maximum atomic E-state index is 13.2. The number of amides is 1. The number of likely N-dealkylation sites (N-methyl/N-ethyl adjacent to an activating group) is 1. The number of nitrogens with zero attached hydrogens (tertiary/aromatic N) is 1. The van der Waals surface area contributed by atoms with Gasteiger partial charge in [-0.1, -0.05) is 12.1 Å². The predicted molar refractivity (Wildman–Crippen MR) is 111 cm³/mol. The van der Waals surface area contributed by atoms with E-state index in [1.807, 2.05) is 30.6 Å². The number of rotatable bonds is 8. The topological polar surface area (TPSA) is 64.9 Å². The number of halogens is 1. The van der Waals surface area contributed by atoms with Crippen LogP contribution in [0.1, 0.15) is 5.69 Å². The summed E-state index contributed by atoms with van der Waals surface area (Å²) in [5.74, 6) is 0.731. The summed E-state index contributed by atoms with van der Waals surface area (Å²) in [6.07, 6.45) is 0. The second-order valence-electron chi connectivity index (χ2n) is 6.55. The van der Waals surface area contributed by atoms with Crippen LogP contribution in [0.25, 0.3) is 10.6 Å². The molecule has 0 aliphatic heterocycles. The van der Waals surface area contributed by atoms with E-state index >= 15 is 0 Å². The number of carbonyl (C=O) groups is 1. The first-order chi connectivity index (χ1) is 14.0. The van der Waals surface area contributed by atoms with Crippen LogP contribution in [-0.4, -0.2) is 38.7 Å². The summed E-state index contributed by atoms with van der Waals surface area (Å²) >= 11 is 1.51. The molecule has 1 atom stereocenters. The van der Waals surface area contributed by atoms with Gasteiger partial charge in [0.2, 0.25) is 0 Å². The third kappa shape index (κ3) is 5.30. The molecule has 6 nitrogen and oxygen atoms in total. The average molecular weight is 416 g/mol. The minimum atomic E-state index is -0.383. The van der Waals surface area contributed by atoms with Gasteiger partial charge in [0.1, 0.15) is 23.1 Å². The number of thiazole rings is 1. The highest BCUT2D eigenvalue weighted by atomic mass is 32.1. The number of quaternary nitrogens is 1. The zero-order valence-electron chi connectivity index (χ0n) is 16.5. The number of hydrogen-bond acceptors (Lipinski definition) is 5. The molecule has 0 spiro atoms. The van der Waals surface area contributed by atoms with E-state index in [1.165, 1.54) is 23.5 Å². The quantitative estimate of drug-likeness (QED) is 0.593. The molecule has 29 heavy (non-hydrogen) atoms. The van der Waals surface area contributed by atoms with Crippen LogP contribution >= 0.6 is 11.3 Å². The molecular formula is C21H23FN3O3S+. The van der Waals surface area contributed by atoms with Crippen LogP contribution in [-0.2, 0) is 11.3 Å². The molecule has 3 rings (SSSR count). The van der Waals surface area contributed by atoms with Crippen molar-refractivity contribution in [1.29, 1.82) is 0 Å². The molecule has 0 aliphatic carbocycles. The van der Waals surface area contributed by atoms with E-state index < -0.39 is 0 Å². The Morgan fingerprint density at radius 3 is 2.72 bits per heavy atom. The van der Waals surface area contributed by atoms with Crippen LogP contribution in [0.3, 0.4) is 0 Å². The van der Waals surface area contributed by atoms with Gasteiger partial charge in [-0.3, -0.25) is 4.79 Å². The van der Waals surface area contributed by atoms with Gasteiger partial charge in [0.15, 0.2) is 18.0 Å². The normalized spacial score (nSPS) is 11.7. The lowest BCUT2D eigenvalue weighted by Gasteiger charge is -2.13. The minimum Gasteiger partial charge on any atom is -0.493 e. The monoisotopic (exact) mass is 416 g/mol. The average Bonchev–Trinajstić information content (AvgIpc) is 3.15. The van der Waals surface area contributed by atoms with Gasteiger partial charge in [-0.2, -0.15) is 0 Å². The smallest absolute Gasteiger partial charge is 0.279 e. The number of carbonyl (C=O) groups excluding carboxylic acids is 1. The summed E-state index contributed by atoms with van der Waals surface area (Å²) < 4.78 is 24.1. The molecule has 2 N–H and O–H groups in total. The molecule has 8 heteroatoms. The van der Waals surface area contributed by atoms with Crippen molar-refractivity contribution in [3.05, 3.63) is 59.4 Å². The zero-order valence-corrected chi connectivity index (χ0v) is 17.3. The van der Waals surface area contributed by atoms with Crippen molar-refractivity contribution < 1.29 is 23.6 Å². The number of anilines is 1. The number of hydrogen-bond donors (Lipinski definition) is 2. The Morgan fingerprint density at radius 1 is 1.21 bits per heavy atom. The third-order valence-corrected chi connectivity index (χ3v) is 5.16. The Balaban J connectivity index is 1.63. The molecule has 2 aromatic carbocycles. The highest BCUT2D eigenvalue weighted by molar-refractivity contribution is 7.13. The second-order valence-corrected chi connectivity index (χ2v) is 7.41. The van der Waals surface area contributed by atoms with Crippen molar-refractivity contribution >= 4 is 22.9 Å². The fourth-order valence-corrected chi connectivity index (χ4v) is 3.83. The van der Waals surface area contributed by atoms with Crippen molar-refractivity contribution in [2.45, 2.75) is 6.54 Å². The van der Waals surface area contributed by atoms with E-state index in [2.05, 4.69) is 10.3 Å². The van der Waals surface area contributed by atoms with E-state index in [0.29, 0.717) is 23.7 Å². The molecule has 0 fully saturated rings. The van der Waals surface area contributed by atoms with Gasteiger partial charge >= 0.3 is 0 Å². The van der Waals surface area contributed by atoms with E-state index in [-0.39, 0.29) is 18.3 Å². The first kappa shape index (κ1) is 20.8. The van der Waals surface area contributed by atoms with Crippen molar-refractivity contribution in [3.63, 3.8) is 0 Å². The Hall–Kier alpha value is -2.97. The van der Waals surface area contributed by atoms with Gasteiger partial charge in [0, 0.05) is 11.1 Å². The third-order valence-electron chi connectivity index (χ3n) is 4.24. The number of benzene rings is 2. The molecule has 0 saturated heterocycles. The molecule has 1 amide bonds. The number of methoxy groups -OCH3 is 2. The summed E-state index contributed by atoms with van der Waals surface area (Å²) in [7, 11) is 5.11. The lowest BCUT2D eigenvalue weighted by molar-refractivity contribution is -0.885. The van der Waals surface area contributed by atoms with Crippen LogP contribution in [0, 0.1) is 5.82 Å². The molecule has 0 bridgehead atoms. The predicted octanol–water partition coefficient (Wildman–Crippen LogP) is 2.62. The number of aromatic nitrogens is 1. The summed E-state index contributed by atoms with van der Waals surface area (Å²) in [6.45, 7) is 0.825. The van der Waals surface area contributed by atoms with Gasteiger partial charge in [-0.25, -0.2) is 9.37 Å². The van der Waals surface area contributed by atoms with E-state index in [1.54, 1.807) is 26.4 Å². The van der Waals surface area contributed by atoms with Crippen molar-refractivity contribution in [1.82, 2.24) is 4.98 Å². The zero-order chi connectivity index (χ0) is 20.8. The Morgan fingerprint density at radius 2 is 2.00 bits per heavy atom.